The molecule has 186 valence electrons. The highest BCUT2D eigenvalue weighted by Gasteiger charge is 2.19. The topological polar surface area (TPSA) is 108 Å². The smallest absolute Gasteiger partial charge is 0.311 e. The predicted molar refractivity (Wildman–Crippen MR) is 140 cm³/mol. The van der Waals surface area contributed by atoms with Gasteiger partial charge in [-0.05, 0) is 43.3 Å². The van der Waals surface area contributed by atoms with Crippen molar-refractivity contribution in [3.05, 3.63) is 64.6 Å². The highest BCUT2D eigenvalue weighted by atomic mass is 35.5. The number of carbonyl (C=O) groups is 2. The summed E-state index contributed by atoms with van der Waals surface area (Å²) in [6.07, 6.45) is 0.0492. The Morgan fingerprint density at radius 3 is 2.64 bits per heavy atom. The zero-order valence-electron chi connectivity index (χ0n) is 19.4. The number of nitrogens with zero attached hydrogens (tertiary/aromatic N) is 4. The summed E-state index contributed by atoms with van der Waals surface area (Å²) in [5, 5.41) is 14.6. The summed E-state index contributed by atoms with van der Waals surface area (Å²) in [7, 11) is 1.32. The first-order chi connectivity index (χ1) is 17.5. The van der Waals surface area contributed by atoms with Crippen molar-refractivity contribution in [1.82, 2.24) is 19.7 Å². The van der Waals surface area contributed by atoms with Crippen molar-refractivity contribution in [2.45, 2.75) is 18.5 Å². The van der Waals surface area contributed by atoms with Crippen LogP contribution >= 0.6 is 34.7 Å². The maximum absolute atomic E-state index is 12.6. The number of rotatable bonds is 10. The Bertz CT molecular complexity index is 1360. The average Bonchev–Trinajstić information content (AvgIpc) is 3.50. The van der Waals surface area contributed by atoms with Crippen LogP contribution in [0.5, 0.6) is 5.75 Å². The molecule has 2 aromatic carbocycles. The fourth-order valence-electron chi connectivity index (χ4n) is 3.22. The molecule has 4 rings (SSSR count). The summed E-state index contributed by atoms with van der Waals surface area (Å²) < 4.78 is 12.1. The molecule has 4 aromatic rings. The average molecular weight is 544 g/mol. The van der Waals surface area contributed by atoms with Crippen LogP contribution in [0.4, 0.5) is 5.13 Å². The number of thiazole rings is 1. The van der Waals surface area contributed by atoms with Gasteiger partial charge < -0.3 is 14.8 Å². The fourth-order valence-corrected chi connectivity index (χ4v) is 4.92. The van der Waals surface area contributed by atoms with Crippen molar-refractivity contribution in [3.63, 3.8) is 0 Å². The third-order valence-electron chi connectivity index (χ3n) is 4.84. The number of nitrogens with one attached hydrogen (secondary N) is 1. The van der Waals surface area contributed by atoms with Crippen molar-refractivity contribution >= 4 is 51.7 Å². The summed E-state index contributed by atoms with van der Waals surface area (Å²) in [4.78, 5) is 28.3. The number of halogens is 1. The van der Waals surface area contributed by atoms with E-state index < -0.39 is 5.97 Å². The Balaban J connectivity index is 1.54. The second kappa shape index (κ2) is 12.0. The van der Waals surface area contributed by atoms with E-state index in [0.717, 1.165) is 17.0 Å². The Morgan fingerprint density at radius 2 is 1.92 bits per heavy atom. The first-order valence-corrected chi connectivity index (χ1v) is 13.1. The minimum atomic E-state index is -0.392. The molecule has 0 aliphatic rings. The first kappa shape index (κ1) is 25.7. The molecule has 0 aliphatic carbocycles. The molecule has 9 nitrogen and oxygen atoms in total. The first-order valence-electron chi connectivity index (χ1n) is 10.9. The highest BCUT2D eigenvalue weighted by Crippen LogP contribution is 2.32. The van der Waals surface area contributed by atoms with Gasteiger partial charge >= 0.3 is 5.97 Å². The van der Waals surface area contributed by atoms with E-state index in [2.05, 4.69) is 25.2 Å². The lowest BCUT2D eigenvalue weighted by molar-refractivity contribution is -0.139. The molecular formula is C24H22ClN5O4S2. The van der Waals surface area contributed by atoms with Crippen LogP contribution in [-0.4, -0.2) is 51.1 Å². The van der Waals surface area contributed by atoms with Gasteiger partial charge in [-0.3, -0.25) is 14.2 Å². The van der Waals surface area contributed by atoms with Gasteiger partial charge in [0.1, 0.15) is 5.75 Å². The lowest BCUT2D eigenvalue weighted by Crippen LogP contribution is -2.14. The Kier molecular flexibility index (Phi) is 8.57. The Hall–Kier alpha value is -3.41. The molecular weight excluding hydrogens is 522 g/mol. The minimum absolute atomic E-state index is 0.0492. The molecule has 2 heterocycles. The van der Waals surface area contributed by atoms with Gasteiger partial charge in [-0.1, -0.05) is 35.5 Å². The van der Waals surface area contributed by atoms with Gasteiger partial charge in [0.2, 0.25) is 5.91 Å². The van der Waals surface area contributed by atoms with Crippen LogP contribution in [0.15, 0.2) is 59.1 Å². The molecule has 36 heavy (non-hydrogen) atoms. The van der Waals surface area contributed by atoms with Crippen LogP contribution in [0.2, 0.25) is 5.02 Å². The molecule has 1 N–H and O–H groups in total. The van der Waals surface area contributed by atoms with Crippen LogP contribution < -0.4 is 10.1 Å². The van der Waals surface area contributed by atoms with E-state index in [1.165, 1.54) is 30.2 Å². The molecule has 0 fully saturated rings. The van der Waals surface area contributed by atoms with E-state index in [-0.39, 0.29) is 18.1 Å². The largest absolute Gasteiger partial charge is 0.494 e. The lowest BCUT2D eigenvalue weighted by Gasteiger charge is -2.12. The number of aromatic nitrogens is 4. The molecule has 0 spiro atoms. The molecule has 1 amide bonds. The van der Waals surface area contributed by atoms with Crippen molar-refractivity contribution in [2.24, 2.45) is 0 Å². The number of carbonyl (C=O) groups excluding carboxylic acids is 2. The SMILES string of the molecule is CCOc1ccc(-n2c(SCC(=O)Nc3nc(CC(=O)OC)cs3)nnc2-c2ccccc2Cl)cc1. The Morgan fingerprint density at radius 1 is 1.14 bits per heavy atom. The number of anilines is 1. The molecule has 0 aliphatic heterocycles. The number of methoxy groups -OCH3 is 1. The van der Waals surface area contributed by atoms with Crippen molar-refractivity contribution in [2.75, 3.05) is 24.8 Å². The van der Waals surface area contributed by atoms with Crippen LogP contribution in [-0.2, 0) is 20.7 Å². The maximum Gasteiger partial charge on any atom is 0.311 e. The van der Waals surface area contributed by atoms with Gasteiger partial charge in [0.15, 0.2) is 16.1 Å². The van der Waals surface area contributed by atoms with Gasteiger partial charge in [-0.2, -0.15) is 0 Å². The number of amides is 1. The van der Waals surface area contributed by atoms with E-state index in [4.69, 9.17) is 16.3 Å². The number of thioether (sulfide) groups is 1. The molecule has 2 aromatic heterocycles. The second-order valence-electron chi connectivity index (χ2n) is 7.28. The van der Waals surface area contributed by atoms with Crippen LogP contribution in [0.3, 0.4) is 0 Å². The molecule has 0 saturated heterocycles. The number of hydrogen-bond donors (Lipinski definition) is 1. The summed E-state index contributed by atoms with van der Waals surface area (Å²) in [5.74, 6) is 0.720. The fraction of sp³-hybridized carbons (Fsp3) is 0.208. The monoisotopic (exact) mass is 543 g/mol. The molecule has 12 heteroatoms. The van der Waals surface area contributed by atoms with Gasteiger partial charge in [-0.25, -0.2) is 4.98 Å². The van der Waals surface area contributed by atoms with E-state index in [9.17, 15) is 9.59 Å². The third-order valence-corrected chi connectivity index (χ3v) is 6.90. The van der Waals surface area contributed by atoms with E-state index in [1.54, 1.807) is 11.4 Å². The lowest BCUT2D eigenvalue weighted by atomic mass is 10.2. The predicted octanol–water partition coefficient (Wildman–Crippen LogP) is 4.89. The number of esters is 1. The molecule has 0 radical (unpaired) electrons. The summed E-state index contributed by atoms with van der Waals surface area (Å²) in [6.45, 7) is 2.49. The van der Waals surface area contributed by atoms with Crippen LogP contribution in [0.1, 0.15) is 12.6 Å². The van der Waals surface area contributed by atoms with E-state index in [0.29, 0.717) is 33.4 Å². The maximum atomic E-state index is 12.6. The third kappa shape index (κ3) is 6.23. The van der Waals surface area contributed by atoms with Crippen molar-refractivity contribution in [1.29, 1.82) is 0 Å². The van der Waals surface area contributed by atoms with Crippen LogP contribution in [0.25, 0.3) is 17.1 Å². The molecule has 0 unspecified atom stereocenters. The van der Waals surface area contributed by atoms with Crippen LogP contribution in [0, 0.1) is 0 Å². The van der Waals surface area contributed by atoms with Gasteiger partial charge in [0.25, 0.3) is 0 Å². The van der Waals surface area contributed by atoms with E-state index in [1.807, 2.05) is 54.0 Å². The highest BCUT2D eigenvalue weighted by molar-refractivity contribution is 7.99. The minimum Gasteiger partial charge on any atom is -0.494 e. The van der Waals surface area contributed by atoms with Gasteiger partial charge in [0.05, 0.1) is 36.6 Å². The zero-order valence-corrected chi connectivity index (χ0v) is 21.8. The second-order valence-corrected chi connectivity index (χ2v) is 9.49. The standard InChI is InChI=1S/C24H22ClN5O4S2/c1-3-34-17-10-8-16(9-11-17)30-22(18-6-4-5-7-19(18)25)28-29-24(30)36-14-20(31)27-23-26-15(13-35-23)12-21(32)33-2/h4-11,13H,3,12,14H2,1-2H3,(H,26,27,31). The summed E-state index contributed by atoms with van der Waals surface area (Å²) in [6, 6.07) is 14.9. The molecule has 0 saturated carbocycles. The van der Waals surface area contributed by atoms with Gasteiger partial charge in [-0.15, -0.1) is 21.5 Å². The quantitative estimate of drug-likeness (QED) is 0.222. The summed E-state index contributed by atoms with van der Waals surface area (Å²) in [5.41, 5.74) is 2.06. The van der Waals surface area contributed by atoms with E-state index >= 15 is 0 Å². The molecule has 0 atom stereocenters. The molecule has 0 bridgehead atoms. The summed E-state index contributed by atoms with van der Waals surface area (Å²) >= 11 is 8.92. The number of benzene rings is 2. The zero-order chi connectivity index (χ0) is 25.5. The Labute approximate surface area is 220 Å². The number of hydrogen-bond acceptors (Lipinski definition) is 9. The van der Waals surface area contributed by atoms with Gasteiger partial charge in [0, 0.05) is 16.6 Å². The normalized spacial score (nSPS) is 10.8. The van der Waals surface area contributed by atoms with Crippen molar-refractivity contribution in [3.8, 4) is 22.8 Å². The van der Waals surface area contributed by atoms with Crippen molar-refractivity contribution < 1.29 is 19.1 Å². The number of ether oxygens (including phenoxy) is 2.